The lowest BCUT2D eigenvalue weighted by Crippen LogP contribution is -2.02. The first kappa shape index (κ1) is 15.3. The van der Waals surface area contributed by atoms with Crippen molar-refractivity contribution < 1.29 is 8.42 Å². The number of halogens is 1. The SMILES string of the molecule is CS(=O)(=O)c1ccccc1C1=C(c2ccc(Cl)cc2)CCC1. The number of benzene rings is 2. The predicted octanol–water partition coefficient (Wildman–Crippen LogP) is 4.84. The first-order valence-corrected chi connectivity index (χ1v) is 9.51. The van der Waals surface area contributed by atoms with E-state index in [9.17, 15) is 8.42 Å². The lowest BCUT2D eigenvalue weighted by atomic mass is 9.97. The molecule has 0 aliphatic heterocycles. The van der Waals surface area contributed by atoms with Gasteiger partial charge in [0.2, 0.25) is 0 Å². The molecule has 2 aromatic carbocycles. The highest BCUT2D eigenvalue weighted by Gasteiger charge is 2.22. The summed E-state index contributed by atoms with van der Waals surface area (Å²) in [5.41, 5.74) is 4.34. The van der Waals surface area contributed by atoms with E-state index in [0.29, 0.717) is 9.92 Å². The third-order valence-corrected chi connectivity index (χ3v) is 5.43. The van der Waals surface area contributed by atoms with Crippen LogP contribution in [0.25, 0.3) is 11.1 Å². The van der Waals surface area contributed by atoms with Gasteiger partial charge in [-0.25, -0.2) is 8.42 Å². The molecule has 0 radical (unpaired) electrons. The molecule has 2 nitrogen and oxygen atoms in total. The molecule has 0 atom stereocenters. The van der Waals surface area contributed by atoms with E-state index in [1.807, 2.05) is 36.4 Å². The second-order valence-corrected chi connectivity index (χ2v) is 8.01. The van der Waals surface area contributed by atoms with Gasteiger partial charge in [0.25, 0.3) is 0 Å². The minimum absolute atomic E-state index is 0.415. The minimum Gasteiger partial charge on any atom is -0.224 e. The van der Waals surface area contributed by atoms with Crippen molar-refractivity contribution >= 4 is 32.6 Å². The quantitative estimate of drug-likeness (QED) is 0.806. The molecule has 4 heteroatoms. The maximum Gasteiger partial charge on any atom is 0.176 e. The summed E-state index contributed by atoms with van der Waals surface area (Å²) in [7, 11) is -3.24. The second kappa shape index (κ2) is 5.90. The van der Waals surface area contributed by atoms with E-state index < -0.39 is 9.84 Å². The first-order valence-electron chi connectivity index (χ1n) is 7.24. The van der Waals surface area contributed by atoms with Crippen molar-refractivity contribution in [2.45, 2.75) is 24.2 Å². The molecule has 0 bridgehead atoms. The first-order chi connectivity index (χ1) is 10.5. The van der Waals surface area contributed by atoms with Crippen LogP contribution in [0.2, 0.25) is 5.02 Å². The Morgan fingerprint density at radius 1 is 0.909 bits per heavy atom. The van der Waals surface area contributed by atoms with Crippen LogP contribution >= 0.6 is 11.6 Å². The molecular weight excluding hydrogens is 316 g/mol. The molecule has 1 aliphatic rings. The van der Waals surface area contributed by atoms with E-state index in [2.05, 4.69) is 0 Å². The molecule has 0 saturated heterocycles. The third kappa shape index (κ3) is 2.96. The molecule has 0 spiro atoms. The minimum atomic E-state index is -3.24. The molecule has 0 aromatic heterocycles. The van der Waals surface area contributed by atoms with E-state index in [1.54, 1.807) is 12.1 Å². The molecule has 0 fully saturated rings. The van der Waals surface area contributed by atoms with Crippen molar-refractivity contribution in [2.75, 3.05) is 6.26 Å². The Hall–Kier alpha value is -1.58. The maximum atomic E-state index is 12.1. The summed E-state index contributed by atoms with van der Waals surface area (Å²) in [6, 6.07) is 15.0. The van der Waals surface area contributed by atoms with E-state index in [0.717, 1.165) is 36.0 Å². The van der Waals surface area contributed by atoms with Crippen LogP contribution in [0, 0.1) is 0 Å². The lowest BCUT2D eigenvalue weighted by Gasteiger charge is -2.12. The van der Waals surface area contributed by atoms with Crippen molar-refractivity contribution in [3.05, 3.63) is 64.7 Å². The van der Waals surface area contributed by atoms with Crippen molar-refractivity contribution in [3.8, 4) is 0 Å². The number of allylic oxidation sites excluding steroid dienone is 2. The fourth-order valence-corrected chi connectivity index (χ4v) is 4.09. The van der Waals surface area contributed by atoms with Crippen LogP contribution in [-0.2, 0) is 9.84 Å². The van der Waals surface area contributed by atoms with Crippen LogP contribution in [0.15, 0.2) is 53.4 Å². The Labute approximate surface area is 136 Å². The van der Waals surface area contributed by atoms with E-state index in [-0.39, 0.29) is 0 Å². The zero-order valence-corrected chi connectivity index (χ0v) is 13.9. The predicted molar refractivity (Wildman–Crippen MR) is 91.7 cm³/mol. The van der Waals surface area contributed by atoms with Crippen LogP contribution in [0.1, 0.15) is 30.4 Å². The number of hydrogen-bond donors (Lipinski definition) is 0. The van der Waals surface area contributed by atoms with Crippen molar-refractivity contribution in [1.29, 1.82) is 0 Å². The second-order valence-electron chi connectivity index (χ2n) is 5.59. The van der Waals surface area contributed by atoms with Crippen molar-refractivity contribution in [1.82, 2.24) is 0 Å². The lowest BCUT2D eigenvalue weighted by molar-refractivity contribution is 0.601. The zero-order valence-electron chi connectivity index (χ0n) is 12.3. The van der Waals surface area contributed by atoms with Gasteiger partial charge in [0, 0.05) is 11.3 Å². The summed E-state index contributed by atoms with van der Waals surface area (Å²) in [5, 5.41) is 0.709. The smallest absolute Gasteiger partial charge is 0.176 e. The van der Waals surface area contributed by atoms with E-state index in [1.165, 1.54) is 11.8 Å². The van der Waals surface area contributed by atoms with Gasteiger partial charge in [-0.3, -0.25) is 0 Å². The summed E-state index contributed by atoms with van der Waals surface area (Å²) >= 11 is 5.96. The average molecular weight is 333 g/mol. The molecule has 3 rings (SSSR count). The van der Waals surface area contributed by atoms with Crippen LogP contribution in [-0.4, -0.2) is 14.7 Å². The molecule has 114 valence electrons. The molecule has 0 saturated carbocycles. The Kier molecular flexibility index (Phi) is 4.11. The summed E-state index contributed by atoms with van der Waals surface area (Å²) < 4.78 is 24.1. The normalized spacial score (nSPS) is 15.4. The summed E-state index contributed by atoms with van der Waals surface area (Å²) in [5.74, 6) is 0. The molecule has 0 unspecified atom stereocenters. The van der Waals surface area contributed by atoms with Gasteiger partial charge in [-0.2, -0.15) is 0 Å². The topological polar surface area (TPSA) is 34.1 Å². The summed E-state index contributed by atoms with van der Waals surface area (Å²) in [6.45, 7) is 0. The highest BCUT2D eigenvalue weighted by atomic mass is 35.5. The molecular formula is C18H17ClO2S. The van der Waals surface area contributed by atoms with Gasteiger partial charge in [-0.1, -0.05) is 41.9 Å². The fourth-order valence-electron chi connectivity index (χ4n) is 3.05. The molecule has 0 heterocycles. The largest absolute Gasteiger partial charge is 0.224 e. The summed E-state index contributed by atoms with van der Waals surface area (Å²) in [4.78, 5) is 0.415. The van der Waals surface area contributed by atoms with Crippen molar-refractivity contribution in [2.24, 2.45) is 0 Å². The molecule has 1 aliphatic carbocycles. The Balaban J connectivity index is 2.18. The van der Waals surface area contributed by atoms with E-state index >= 15 is 0 Å². The Morgan fingerprint density at radius 2 is 1.55 bits per heavy atom. The Morgan fingerprint density at radius 3 is 2.23 bits per heavy atom. The van der Waals surface area contributed by atoms with Gasteiger partial charge >= 0.3 is 0 Å². The number of sulfone groups is 1. The van der Waals surface area contributed by atoms with Crippen LogP contribution in [0.3, 0.4) is 0 Å². The summed E-state index contributed by atoms with van der Waals surface area (Å²) in [6.07, 6.45) is 4.19. The van der Waals surface area contributed by atoms with Crippen LogP contribution < -0.4 is 0 Å². The number of hydrogen-bond acceptors (Lipinski definition) is 2. The third-order valence-electron chi connectivity index (χ3n) is 4.02. The van der Waals surface area contributed by atoms with Gasteiger partial charge in [-0.15, -0.1) is 0 Å². The fraction of sp³-hybridized carbons (Fsp3) is 0.222. The maximum absolute atomic E-state index is 12.1. The highest BCUT2D eigenvalue weighted by molar-refractivity contribution is 7.90. The average Bonchev–Trinajstić information content (AvgIpc) is 2.96. The van der Waals surface area contributed by atoms with Gasteiger partial charge in [0.05, 0.1) is 4.90 Å². The Bertz CT molecular complexity index is 834. The van der Waals surface area contributed by atoms with Gasteiger partial charge in [0.15, 0.2) is 9.84 Å². The molecule has 22 heavy (non-hydrogen) atoms. The van der Waals surface area contributed by atoms with Gasteiger partial charge < -0.3 is 0 Å². The van der Waals surface area contributed by atoms with Gasteiger partial charge in [-0.05, 0) is 59.7 Å². The number of rotatable bonds is 3. The van der Waals surface area contributed by atoms with Gasteiger partial charge in [0.1, 0.15) is 0 Å². The van der Waals surface area contributed by atoms with Crippen LogP contribution in [0.4, 0.5) is 0 Å². The van der Waals surface area contributed by atoms with E-state index in [4.69, 9.17) is 11.6 Å². The zero-order chi connectivity index (χ0) is 15.7. The monoisotopic (exact) mass is 332 g/mol. The standard InChI is InChI=1S/C18H17ClO2S/c1-22(20,21)18-8-3-2-5-17(18)16-7-4-6-15(16)13-9-11-14(19)12-10-13/h2-3,5,8-12H,4,6-7H2,1H3. The van der Waals surface area contributed by atoms with Crippen molar-refractivity contribution in [3.63, 3.8) is 0 Å². The highest BCUT2D eigenvalue weighted by Crippen LogP contribution is 2.41. The molecule has 2 aromatic rings. The molecule has 0 amide bonds. The molecule has 0 N–H and O–H groups in total. The van der Waals surface area contributed by atoms with Crippen LogP contribution in [0.5, 0.6) is 0 Å².